The maximum absolute atomic E-state index is 13.0. The van der Waals surface area contributed by atoms with Gasteiger partial charge in [0.15, 0.2) is 0 Å². The highest BCUT2D eigenvalue weighted by molar-refractivity contribution is 5.95. The average Bonchev–Trinajstić information content (AvgIpc) is 2.91. The van der Waals surface area contributed by atoms with Crippen LogP contribution in [0.15, 0.2) is 30.5 Å². The van der Waals surface area contributed by atoms with Gasteiger partial charge in [-0.3, -0.25) is 9.48 Å². The zero-order chi connectivity index (χ0) is 20.5. The summed E-state index contributed by atoms with van der Waals surface area (Å²) in [6, 6.07) is 8.14. The molecule has 3 aromatic rings. The SMILES string of the molecule is COc1cccc2c(C)cc(N3CCCN(C(=O)c4cn(C)nc4C)CC3)nc12. The molecule has 0 unspecified atom stereocenters. The molecule has 4 rings (SSSR count). The Hall–Kier alpha value is -3.09. The Balaban J connectivity index is 1.57. The van der Waals surface area contributed by atoms with Crippen molar-refractivity contribution < 1.29 is 9.53 Å². The van der Waals surface area contributed by atoms with Crippen LogP contribution >= 0.6 is 0 Å². The Labute approximate surface area is 170 Å². The summed E-state index contributed by atoms with van der Waals surface area (Å²) in [5.74, 6) is 1.78. The fraction of sp³-hybridized carbons (Fsp3) is 0.409. The number of carbonyl (C=O) groups is 1. The molecule has 3 heterocycles. The van der Waals surface area contributed by atoms with Crippen LogP contribution in [0.2, 0.25) is 0 Å². The minimum atomic E-state index is 0.0572. The Morgan fingerprint density at radius 1 is 1.14 bits per heavy atom. The van der Waals surface area contributed by atoms with Crippen LogP contribution in [0.5, 0.6) is 5.75 Å². The number of hydrogen-bond donors (Lipinski definition) is 0. The van der Waals surface area contributed by atoms with Gasteiger partial charge in [-0.1, -0.05) is 12.1 Å². The van der Waals surface area contributed by atoms with Crippen LogP contribution in [-0.2, 0) is 7.05 Å². The lowest BCUT2D eigenvalue weighted by molar-refractivity contribution is 0.0766. The van der Waals surface area contributed by atoms with Crippen molar-refractivity contribution in [2.45, 2.75) is 20.3 Å². The Morgan fingerprint density at radius 2 is 1.97 bits per heavy atom. The molecule has 0 atom stereocenters. The minimum absolute atomic E-state index is 0.0572. The van der Waals surface area contributed by atoms with E-state index in [9.17, 15) is 4.79 Å². The number of rotatable bonds is 3. The number of anilines is 1. The number of amides is 1. The molecule has 1 aromatic carbocycles. The number of ether oxygens (including phenoxy) is 1. The average molecular weight is 393 g/mol. The number of pyridine rings is 1. The Morgan fingerprint density at radius 3 is 2.69 bits per heavy atom. The highest BCUT2D eigenvalue weighted by Gasteiger charge is 2.24. The zero-order valence-corrected chi connectivity index (χ0v) is 17.5. The van der Waals surface area contributed by atoms with E-state index in [1.165, 1.54) is 5.56 Å². The lowest BCUT2D eigenvalue weighted by Crippen LogP contribution is -2.35. The summed E-state index contributed by atoms with van der Waals surface area (Å²) >= 11 is 0. The van der Waals surface area contributed by atoms with Crippen molar-refractivity contribution in [3.05, 3.63) is 47.3 Å². The number of benzene rings is 1. The van der Waals surface area contributed by atoms with Crippen LogP contribution < -0.4 is 9.64 Å². The van der Waals surface area contributed by atoms with Crippen molar-refractivity contribution >= 4 is 22.6 Å². The third-order valence-corrected chi connectivity index (χ3v) is 5.57. The van der Waals surface area contributed by atoms with Gasteiger partial charge in [-0.15, -0.1) is 0 Å². The number of hydrogen-bond acceptors (Lipinski definition) is 5. The largest absolute Gasteiger partial charge is 0.494 e. The van der Waals surface area contributed by atoms with Crippen molar-refractivity contribution in [3.63, 3.8) is 0 Å². The van der Waals surface area contributed by atoms with Gasteiger partial charge in [-0.25, -0.2) is 4.98 Å². The van der Waals surface area contributed by atoms with Crippen molar-refractivity contribution in [2.24, 2.45) is 7.05 Å². The molecule has 0 spiro atoms. The van der Waals surface area contributed by atoms with Crippen LogP contribution in [0.1, 0.15) is 28.0 Å². The summed E-state index contributed by atoms with van der Waals surface area (Å²) < 4.78 is 7.21. The number of nitrogens with zero attached hydrogens (tertiary/aromatic N) is 5. The highest BCUT2D eigenvalue weighted by atomic mass is 16.5. The van der Waals surface area contributed by atoms with Crippen molar-refractivity contribution in [3.8, 4) is 5.75 Å². The van der Waals surface area contributed by atoms with E-state index in [-0.39, 0.29) is 5.91 Å². The lowest BCUT2D eigenvalue weighted by Gasteiger charge is -2.24. The molecule has 29 heavy (non-hydrogen) atoms. The summed E-state index contributed by atoms with van der Waals surface area (Å²) in [7, 11) is 3.52. The zero-order valence-electron chi connectivity index (χ0n) is 17.5. The molecule has 0 aliphatic carbocycles. The van der Waals surface area contributed by atoms with Gasteiger partial charge in [0, 0.05) is 44.8 Å². The topological polar surface area (TPSA) is 63.5 Å². The third-order valence-electron chi connectivity index (χ3n) is 5.57. The fourth-order valence-corrected chi connectivity index (χ4v) is 4.03. The van der Waals surface area contributed by atoms with Gasteiger partial charge in [0.25, 0.3) is 5.91 Å². The first-order valence-corrected chi connectivity index (χ1v) is 9.96. The molecule has 0 saturated carbocycles. The highest BCUT2D eigenvalue weighted by Crippen LogP contribution is 2.29. The first kappa shape index (κ1) is 19.2. The monoisotopic (exact) mass is 393 g/mol. The van der Waals surface area contributed by atoms with Gasteiger partial charge >= 0.3 is 0 Å². The first-order valence-electron chi connectivity index (χ1n) is 9.96. The second kappa shape index (κ2) is 7.73. The normalized spacial score (nSPS) is 14.9. The molecule has 1 amide bonds. The molecule has 1 fully saturated rings. The van der Waals surface area contributed by atoms with Crippen molar-refractivity contribution in [1.82, 2.24) is 19.7 Å². The van der Waals surface area contributed by atoms with E-state index in [2.05, 4.69) is 29.1 Å². The molecule has 1 aliphatic rings. The van der Waals surface area contributed by atoms with Gasteiger partial charge in [0.2, 0.25) is 0 Å². The summed E-state index contributed by atoms with van der Waals surface area (Å²) in [4.78, 5) is 22.1. The molecular weight excluding hydrogens is 366 g/mol. The minimum Gasteiger partial charge on any atom is -0.494 e. The van der Waals surface area contributed by atoms with Crippen molar-refractivity contribution in [2.75, 3.05) is 38.2 Å². The number of aromatic nitrogens is 3. The molecular formula is C22H27N5O2. The standard InChI is InChI=1S/C22H27N5O2/c1-15-13-20(23-21-17(15)7-5-8-19(21)29-4)26-9-6-10-27(12-11-26)22(28)18-14-25(3)24-16(18)2/h5,7-8,13-14H,6,9-12H2,1-4H3. The molecule has 2 aromatic heterocycles. The fourth-order valence-electron chi connectivity index (χ4n) is 4.03. The van der Waals surface area contributed by atoms with Gasteiger partial charge in [-0.05, 0) is 38.0 Å². The number of para-hydroxylation sites is 1. The summed E-state index contributed by atoms with van der Waals surface area (Å²) in [5, 5.41) is 5.41. The smallest absolute Gasteiger partial charge is 0.257 e. The number of methoxy groups -OCH3 is 1. The van der Waals surface area contributed by atoms with Gasteiger partial charge < -0.3 is 14.5 Å². The summed E-state index contributed by atoms with van der Waals surface area (Å²) in [5.41, 5.74) is 3.52. The van der Waals surface area contributed by atoms with Crippen LogP contribution in [0.3, 0.4) is 0 Å². The van der Waals surface area contributed by atoms with E-state index < -0.39 is 0 Å². The van der Waals surface area contributed by atoms with E-state index >= 15 is 0 Å². The van der Waals surface area contributed by atoms with Gasteiger partial charge in [0.1, 0.15) is 17.1 Å². The number of carbonyl (C=O) groups excluding carboxylic acids is 1. The summed E-state index contributed by atoms with van der Waals surface area (Å²) in [6.45, 7) is 7.00. The molecule has 1 aliphatic heterocycles. The third kappa shape index (κ3) is 3.64. The Bertz CT molecular complexity index is 1060. The summed E-state index contributed by atoms with van der Waals surface area (Å²) in [6.07, 6.45) is 2.70. The maximum atomic E-state index is 13.0. The molecule has 1 saturated heterocycles. The van der Waals surface area contributed by atoms with Crippen LogP contribution in [0.4, 0.5) is 5.82 Å². The maximum Gasteiger partial charge on any atom is 0.257 e. The van der Waals surface area contributed by atoms with E-state index in [1.807, 2.05) is 31.0 Å². The quantitative estimate of drug-likeness (QED) is 0.685. The second-order valence-corrected chi connectivity index (χ2v) is 7.59. The van der Waals surface area contributed by atoms with Crippen LogP contribution in [0, 0.1) is 13.8 Å². The predicted octanol–water partition coefficient (Wildman–Crippen LogP) is 2.95. The molecule has 7 nitrogen and oxygen atoms in total. The van der Waals surface area contributed by atoms with E-state index in [1.54, 1.807) is 18.0 Å². The van der Waals surface area contributed by atoms with E-state index in [4.69, 9.17) is 9.72 Å². The molecule has 0 radical (unpaired) electrons. The number of aryl methyl sites for hydroxylation is 3. The van der Waals surface area contributed by atoms with Gasteiger partial charge in [0.05, 0.1) is 18.4 Å². The van der Waals surface area contributed by atoms with Crippen LogP contribution in [0.25, 0.3) is 10.9 Å². The molecule has 0 N–H and O–H groups in total. The van der Waals surface area contributed by atoms with Gasteiger partial charge in [-0.2, -0.15) is 5.10 Å². The predicted molar refractivity (Wildman–Crippen MR) is 114 cm³/mol. The first-order chi connectivity index (χ1) is 14.0. The van der Waals surface area contributed by atoms with Crippen molar-refractivity contribution in [1.29, 1.82) is 0 Å². The number of fused-ring (bicyclic) bond motifs is 1. The lowest BCUT2D eigenvalue weighted by atomic mass is 10.1. The molecule has 0 bridgehead atoms. The second-order valence-electron chi connectivity index (χ2n) is 7.59. The molecule has 152 valence electrons. The molecule has 7 heteroatoms. The van der Waals surface area contributed by atoms with Crippen LogP contribution in [-0.4, -0.2) is 58.9 Å². The van der Waals surface area contributed by atoms with E-state index in [0.717, 1.165) is 54.2 Å². The van der Waals surface area contributed by atoms with E-state index in [0.29, 0.717) is 12.1 Å². The Kier molecular flexibility index (Phi) is 5.13.